The molecule has 0 amide bonds. The molecule has 68 valence electrons. The predicted molar refractivity (Wildman–Crippen MR) is 51.1 cm³/mol. The van der Waals surface area contributed by atoms with E-state index < -0.39 is 0 Å². The number of rotatable bonds is 1. The minimum Gasteiger partial charge on any atom is -0.335 e. The highest BCUT2D eigenvalue weighted by atomic mass is 15.4. The zero-order chi connectivity index (χ0) is 9.42. The smallest absolute Gasteiger partial charge is 0.155 e. The van der Waals surface area contributed by atoms with Crippen molar-refractivity contribution >= 4 is 16.9 Å². The molecule has 2 heterocycles. The number of hydrogen-bond donors (Lipinski definition) is 1. The van der Waals surface area contributed by atoms with Crippen LogP contribution in [-0.2, 0) is 7.05 Å². The van der Waals surface area contributed by atoms with Crippen LogP contribution in [0, 0.1) is 0 Å². The van der Waals surface area contributed by atoms with Gasteiger partial charge in [-0.05, 0) is 6.07 Å². The van der Waals surface area contributed by atoms with E-state index in [1.165, 1.54) is 11.3 Å². The highest BCUT2D eigenvalue weighted by Crippen LogP contribution is 2.20. The van der Waals surface area contributed by atoms with Gasteiger partial charge < -0.3 is 4.57 Å². The number of nitrogens with zero attached hydrogens (tertiary/aromatic N) is 4. The number of aromatic nitrogens is 3. The summed E-state index contributed by atoms with van der Waals surface area (Å²) in [5.74, 6) is 6.36. The average Bonchev–Trinajstić information content (AvgIpc) is 2.48. The quantitative estimate of drug-likeness (QED) is 0.502. The second kappa shape index (κ2) is 2.70. The minimum absolute atomic E-state index is 0.741. The molecule has 0 aliphatic heterocycles. The first-order valence-corrected chi connectivity index (χ1v) is 3.94. The predicted octanol–water partition coefficient (Wildman–Crippen LogP) is 0.278. The number of hydrogen-bond acceptors (Lipinski definition) is 4. The van der Waals surface area contributed by atoms with Gasteiger partial charge in [0.05, 0.1) is 5.39 Å². The van der Waals surface area contributed by atoms with Crippen LogP contribution in [0.25, 0.3) is 11.0 Å². The molecule has 0 radical (unpaired) electrons. The molecule has 0 saturated heterocycles. The van der Waals surface area contributed by atoms with Gasteiger partial charge in [0.15, 0.2) is 5.82 Å². The average molecular weight is 177 g/mol. The fourth-order valence-electron chi connectivity index (χ4n) is 1.35. The summed E-state index contributed by atoms with van der Waals surface area (Å²) in [5.41, 5.74) is 0.891. The van der Waals surface area contributed by atoms with Crippen molar-refractivity contribution in [3.63, 3.8) is 0 Å². The zero-order valence-corrected chi connectivity index (χ0v) is 7.60. The molecular weight excluding hydrogens is 166 g/mol. The first kappa shape index (κ1) is 8.00. The second-order valence-corrected chi connectivity index (χ2v) is 2.97. The summed E-state index contributed by atoms with van der Waals surface area (Å²) in [5, 5.41) is 2.46. The number of anilines is 1. The molecule has 0 spiro atoms. The Bertz CT molecular complexity index is 431. The molecule has 0 atom stereocenters. The Morgan fingerprint density at radius 3 is 2.92 bits per heavy atom. The van der Waals surface area contributed by atoms with E-state index in [0.717, 1.165) is 16.9 Å². The lowest BCUT2D eigenvalue weighted by Crippen LogP contribution is -2.26. The van der Waals surface area contributed by atoms with Gasteiger partial charge in [0, 0.05) is 20.3 Å². The van der Waals surface area contributed by atoms with Crippen LogP contribution in [0.5, 0.6) is 0 Å². The molecule has 2 rings (SSSR count). The Kier molecular flexibility index (Phi) is 1.66. The Hall–Kier alpha value is -1.62. The molecule has 5 nitrogen and oxygen atoms in total. The summed E-state index contributed by atoms with van der Waals surface area (Å²) in [6.07, 6.45) is 3.45. The topological polar surface area (TPSA) is 60.0 Å². The van der Waals surface area contributed by atoms with Crippen molar-refractivity contribution in [3.05, 3.63) is 18.6 Å². The molecular formula is C8H11N5. The Labute approximate surface area is 75.8 Å². The third-order valence-corrected chi connectivity index (χ3v) is 1.97. The lowest BCUT2D eigenvalue weighted by molar-refractivity contribution is 0.933. The summed E-state index contributed by atoms with van der Waals surface area (Å²) in [6.45, 7) is 0. The van der Waals surface area contributed by atoms with Crippen LogP contribution in [-0.4, -0.2) is 21.6 Å². The van der Waals surface area contributed by atoms with Gasteiger partial charge in [-0.1, -0.05) is 0 Å². The van der Waals surface area contributed by atoms with Gasteiger partial charge in [-0.25, -0.2) is 15.8 Å². The summed E-state index contributed by atoms with van der Waals surface area (Å²) < 4.78 is 1.93. The van der Waals surface area contributed by atoms with Gasteiger partial charge in [0.25, 0.3) is 0 Å². The van der Waals surface area contributed by atoms with Gasteiger partial charge in [-0.15, -0.1) is 0 Å². The lowest BCUT2D eigenvalue weighted by Gasteiger charge is -2.10. The van der Waals surface area contributed by atoms with Gasteiger partial charge in [0.1, 0.15) is 12.0 Å². The molecule has 0 aromatic carbocycles. The standard InChI is InChI=1S/C8H11N5/c1-12-4-3-6-7(12)10-5-11-8(6)13(2)9/h3-5H,9H2,1-2H3. The Balaban J connectivity index is 2.77. The molecule has 2 aromatic heterocycles. The van der Waals surface area contributed by atoms with E-state index in [-0.39, 0.29) is 0 Å². The van der Waals surface area contributed by atoms with Gasteiger partial charge in [-0.3, -0.25) is 5.01 Å². The largest absolute Gasteiger partial charge is 0.335 e. The fraction of sp³-hybridized carbons (Fsp3) is 0.250. The van der Waals surface area contributed by atoms with Gasteiger partial charge in [-0.2, -0.15) is 0 Å². The van der Waals surface area contributed by atoms with E-state index in [2.05, 4.69) is 9.97 Å². The second-order valence-electron chi connectivity index (χ2n) is 2.97. The van der Waals surface area contributed by atoms with Gasteiger partial charge >= 0.3 is 0 Å². The van der Waals surface area contributed by atoms with Crippen LogP contribution in [0.1, 0.15) is 0 Å². The maximum Gasteiger partial charge on any atom is 0.155 e. The van der Waals surface area contributed by atoms with Crippen molar-refractivity contribution in [3.8, 4) is 0 Å². The van der Waals surface area contributed by atoms with Crippen molar-refractivity contribution in [2.24, 2.45) is 12.9 Å². The van der Waals surface area contributed by atoms with Crippen LogP contribution in [0.15, 0.2) is 18.6 Å². The molecule has 0 unspecified atom stereocenters. The maximum atomic E-state index is 5.62. The number of nitrogens with two attached hydrogens (primary N) is 1. The molecule has 0 aliphatic rings. The summed E-state index contributed by atoms with van der Waals surface area (Å²) in [7, 11) is 3.70. The first-order chi connectivity index (χ1) is 6.20. The zero-order valence-electron chi connectivity index (χ0n) is 7.60. The lowest BCUT2D eigenvalue weighted by atomic mass is 10.4. The van der Waals surface area contributed by atoms with Crippen molar-refractivity contribution < 1.29 is 0 Å². The molecule has 0 bridgehead atoms. The van der Waals surface area contributed by atoms with Crippen molar-refractivity contribution in [1.82, 2.24) is 14.5 Å². The Morgan fingerprint density at radius 1 is 1.46 bits per heavy atom. The third kappa shape index (κ3) is 1.13. The number of aryl methyl sites for hydroxylation is 1. The monoisotopic (exact) mass is 177 g/mol. The van der Waals surface area contributed by atoms with Crippen molar-refractivity contribution in [2.45, 2.75) is 0 Å². The van der Waals surface area contributed by atoms with E-state index in [4.69, 9.17) is 5.84 Å². The number of fused-ring (bicyclic) bond motifs is 1. The minimum atomic E-state index is 0.741. The summed E-state index contributed by atoms with van der Waals surface area (Å²) in [4.78, 5) is 8.25. The van der Waals surface area contributed by atoms with Gasteiger partial charge in [0.2, 0.25) is 0 Å². The van der Waals surface area contributed by atoms with Crippen LogP contribution in [0.4, 0.5) is 5.82 Å². The van der Waals surface area contributed by atoms with E-state index in [1.807, 2.05) is 23.9 Å². The van der Waals surface area contributed by atoms with Crippen LogP contribution in [0.3, 0.4) is 0 Å². The van der Waals surface area contributed by atoms with Crippen molar-refractivity contribution in [1.29, 1.82) is 0 Å². The van der Waals surface area contributed by atoms with E-state index in [0.29, 0.717) is 0 Å². The van der Waals surface area contributed by atoms with E-state index >= 15 is 0 Å². The fourth-order valence-corrected chi connectivity index (χ4v) is 1.35. The van der Waals surface area contributed by atoms with Crippen LogP contribution in [0.2, 0.25) is 0 Å². The van der Waals surface area contributed by atoms with E-state index in [9.17, 15) is 0 Å². The summed E-state index contributed by atoms with van der Waals surface area (Å²) in [6, 6.07) is 1.95. The third-order valence-electron chi connectivity index (χ3n) is 1.97. The first-order valence-electron chi connectivity index (χ1n) is 3.94. The molecule has 0 aliphatic carbocycles. The van der Waals surface area contributed by atoms with Crippen LogP contribution < -0.4 is 10.9 Å². The molecule has 13 heavy (non-hydrogen) atoms. The highest BCUT2D eigenvalue weighted by Gasteiger charge is 2.07. The molecule has 0 saturated carbocycles. The molecule has 2 N–H and O–H groups in total. The van der Waals surface area contributed by atoms with Crippen molar-refractivity contribution in [2.75, 3.05) is 12.1 Å². The van der Waals surface area contributed by atoms with E-state index in [1.54, 1.807) is 7.05 Å². The highest BCUT2D eigenvalue weighted by molar-refractivity contribution is 5.87. The Morgan fingerprint density at radius 2 is 2.23 bits per heavy atom. The maximum absolute atomic E-state index is 5.62. The molecule has 2 aromatic rings. The molecule has 0 fully saturated rings. The molecule has 5 heteroatoms. The van der Waals surface area contributed by atoms with Crippen LogP contribution >= 0.6 is 0 Å². The number of hydrazine groups is 1. The SMILES string of the molecule is CN(N)c1ncnc2c1ccn2C. The summed E-state index contributed by atoms with van der Waals surface area (Å²) >= 11 is 0. The normalized spacial score (nSPS) is 10.7.